The summed E-state index contributed by atoms with van der Waals surface area (Å²) in [6, 6.07) is 0. The Kier molecular flexibility index (Phi) is 3.38. The topological polar surface area (TPSA) is 62.7 Å². The molecule has 3 unspecified atom stereocenters. The summed E-state index contributed by atoms with van der Waals surface area (Å²) in [5, 5.41) is 0. The Morgan fingerprint density at radius 2 is 2.26 bits per heavy atom. The molecule has 3 rings (SSSR count). The zero-order valence-electron chi connectivity index (χ0n) is 11.1. The predicted molar refractivity (Wildman–Crippen MR) is 65.7 cm³/mol. The molecule has 2 aliphatic heterocycles. The van der Waals surface area contributed by atoms with Crippen LogP contribution >= 0.6 is 0 Å². The highest BCUT2D eigenvalue weighted by Crippen LogP contribution is 2.35. The van der Waals surface area contributed by atoms with E-state index in [-0.39, 0.29) is 18.3 Å². The van der Waals surface area contributed by atoms with Crippen LogP contribution in [0.1, 0.15) is 20.3 Å². The number of rotatable bonds is 3. The maximum atomic E-state index is 5.89. The van der Waals surface area contributed by atoms with E-state index >= 15 is 0 Å². The average Bonchev–Trinajstić information content (AvgIpc) is 2.72. The number of aromatic nitrogens is 2. The van der Waals surface area contributed by atoms with E-state index in [4.69, 9.17) is 18.9 Å². The largest absolute Gasteiger partial charge is 0.474 e. The Hall–Kier alpha value is -1.24. The molecule has 0 bridgehead atoms. The minimum Gasteiger partial charge on any atom is -0.474 e. The Morgan fingerprint density at radius 1 is 1.37 bits per heavy atom. The van der Waals surface area contributed by atoms with Gasteiger partial charge in [-0.15, -0.1) is 0 Å². The van der Waals surface area contributed by atoms with Crippen molar-refractivity contribution < 1.29 is 18.9 Å². The summed E-state index contributed by atoms with van der Waals surface area (Å²) < 4.78 is 23.1. The van der Waals surface area contributed by atoms with Crippen molar-refractivity contribution in [1.29, 1.82) is 0 Å². The molecule has 0 aliphatic carbocycles. The molecule has 2 fully saturated rings. The molecular weight excluding hydrogens is 248 g/mol. The highest BCUT2D eigenvalue weighted by molar-refractivity contribution is 5.02. The van der Waals surface area contributed by atoms with Crippen LogP contribution in [0.4, 0.5) is 0 Å². The molecule has 1 aromatic heterocycles. The van der Waals surface area contributed by atoms with E-state index in [1.807, 2.05) is 13.8 Å². The van der Waals surface area contributed by atoms with Crippen LogP contribution in [-0.2, 0) is 14.2 Å². The van der Waals surface area contributed by atoms with Gasteiger partial charge in [0.05, 0.1) is 12.3 Å². The van der Waals surface area contributed by atoms with Crippen LogP contribution in [0.2, 0.25) is 0 Å². The lowest BCUT2D eigenvalue weighted by molar-refractivity contribution is -0.156. The van der Waals surface area contributed by atoms with E-state index in [1.165, 1.54) is 0 Å². The number of hydrogen-bond acceptors (Lipinski definition) is 6. The van der Waals surface area contributed by atoms with Crippen LogP contribution in [0.5, 0.6) is 5.88 Å². The van der Waals surface area contributed by atoms with Gasteiger partial charge in [0, 0.05) is 19.0 Å². The third-order valence-corrected chi connectivity index (χ3v) is 3.26. The summed E-state index contributed by atoms with van der Waals surface area (Å²) in [5.74, 6) is -0.0557. The summed E-state index contributed by atoms with van der Waals surface area (Å²) in [6.07, 6.45) is 5.50. The van der Waals surface area contributed by atoms with Gasteiger partial charge >= 0.3 is 0 Å². The molecule has 0 spiro atoms. The van der Waals surface area contributed by atoms with E-state index in [0.29, 0.717) is 19.1 Å². The second-order valence-electron chi connectivity index (χ2n) is 5.19. The predicted octanol–water partition coefficient (Wildman–Crippen LogP) is 1.16. The third-order valence-electron chi connectivity index (χ3n) is 3.26. The van der Waals surface area contributed by atoms with Gasteiger partial charge in [0.25, 0.3) is 0 Å². The first-order valence-corrected chi connectivity index (χ1v) is 6.50. The summed E-state index contributed by atoms with van der Waals surface area (Å²) in [7, 11) is 0. The standard InChI is InChI=1S/C13H18N2O4/c1-13(2)18-9-3-6-16-10(12(9)19-13)8-17-11-7-14-4-5-15-11/h4-5,7,9-10,12H,3,6,8H2,1-2H3. The normalized spacial score (nSPS) is 32.8. The Morgan fingerprint density at radius 3 is 3.05 bits per heavy atom. The van der Waals surface area contributed by atoms with Crippen LogP contribution in [0, 0.1) is 0 Å². The number of hydrogen-bond donors (Lipinski definition) is 0. The highest BCUT2D eigenvalue weighted by Gasteiger charge is 2.47. The molecule has 0 N–H and O–H groups in total. The fraction of sp³-hybridized carbons (Fsp3) is 0.692. The van der Waals surface area contributed by atoms with E-state index in [9.17, 15) is 0 Å². The first-order valence-electron chi connectivity index (χ1n) is 6.50. The van der Waals surface area contributed by atoms with Crippen molar-refractivity contribution in [2.75, 3.05) is 13.2 Å². The Balaban J connectivity index is 1.61. The van der Waals surface area contributed by atoms with E-state index in [2.05, 4.69) is 9.97 Å². The SMILES string of the molecule is CC1(C)OC2CCOC(COc3cnccn3)C2O1. The zero-order chi connectivity index (χ0) is 13.3. The van der Waals surface area contributed by atoms with Crippen molar-refractivity contribution in [1.82, 2.24) is 9.97 Å². The molecule has 0 aromatic carbocycles. The molecule has 104 valence electrons. The van der Waals surface area contributed by atoms with Crippen molar-refractivity contribution in [3.05, 3.63) is 18.6 Å². The number of nitrogens with zero attached hydrogens (tertiary/aromatic N) is 2. The number of ether oxygens (including phenoxy) is 4. The quantitative estimate of drug-likeness (QED) is 0.818. The first kappa shape index (κ1) is 12.8. The maximum absolute atomic E-state index is 5.89. The molecule has 2 saturated heterocycles. The van der Waals surface area contributed by atoms with E-state index in [0.717, 1.165) is 6.42 Å². The molecule has 6 heteroatoms. The molecule has 1 aromatic rings. The lowest BCUT2D eigenvalue weighted by atomic mass is 10.0. The second kappa shape index (κ2) is 5.03. The highest BCUT2D eigenvalue weighted by atomic mass is 16.8. The molecule has 0 amide bonds. The average molecular weight is 266 g/mol. The monoisotopic (exact) mass is 266 g/mol. The van der Waals surface area contributed by atoms with Crippen molar-refractivity contribution in [3.8, 4) is 5.88 Å². The minimum atomic E-state index is -0.548. The van der Waals surface area contributed by atoms with Crippen molar-refractivity contribution in [2.24, 2.45) is 0 Å². The van der Waals surface area contributed by atoms with Crippen LogP contribution in [-0.4, -0.2) is 47.3 Å². The van der Waals surface area contributed by atoms with Gasteiger partial charge in [-0.1, -0.05) is 0 Å². The first-order chi connectivity index (χ1) is 9.14. The van der Waals surface area contributed by atoms with E-state index in [1.54, 1.807) is 18.6 Å². The van der Waals surface area contributed by atoms with Crippen LogP contribution in [0.15, 0.2) is 18.6 Å². The lowest BCUT2D eigenvalue weighted by Gasteiger charge is -2.31. The third kappa shape index (κ3) is 2.86. The van der Waals surface area contributed by atoms with Gasteiger partial charge in [-0.2, -0.15) is 0 Å². The van der Waals surface area contributed by atoms with Gasteiger partial charge < -0.3 is 18.9 Å². The summed E-state index contributed by atoms with van der Waals surface area (Å²) in [6.45, 7) is 4.90. The minimum absolute atomic E-state index is 0.0826. The molecular formula is C13H18N2O4. The second-order valence-corrected chi connectivity index (χ2v) is 5.19. The molecule has 6 nitrogen and oxygen atoms in total. The molecule has 3 heterocycles. The van der Waals surface area contributed by atoms with Gasteiger partial charge in [0.2, 0.25) is 5.88 Å². The molecule has 3 atom stereocenters. The zero-order valence-corrected chi connectivity index (χ0v) is 11.1. The Bertz CT molecular complexity index is 426. The summed E-state index contributed by atoms with van der Waals surface area (Å²) >= 11 is 0. The smallest absolute Gasteiger partial charge is 0.232 e. The molecule has 2 aliphatic rings. The fourth-order valence-corrected chi connectivity index (χ4v) is 2.50. The Labute approximate surface area is 112 Å². The molecule has 0 saturated carbocycles. The van der Waals surface area contributed by atoms with Crippen molar-refractivity contribution >= 4 is 0 Å². The van der Waals surface area contributed by atoms with Gasteiger partial charge in [-0.3, -0.25) is 4.98 Å². The van der Waals surface area contributed by atoms with Gasteiger partial charge in [-0.25, -0.2) is 4.98 Å². The summed E-state index contributed by atoms with van der Waals surface area (Å²) in [5.41, 5.74) is 0. The van der Waals surface area contributed by atoms with Gasteiger partial charge in [0.15, 0.2) is 5.79 Å². The van der Waals surface area contributed by atoms with Gasteiger partial charge in [-0.05, 0) is 20.3 Å². The van der Waals surface area contributed by atoms with Crippen molar-refractivity contribution in [3.63, 3.8) is 0 Å². The molecule has 0 radical (unpaired) electrons. The fourth-order valence-electron chi connectivity index (χ4n) is 2.50. The molecule has 19 heavy (non-hydrogen) atoms. The van der Waals surface area contributed by atoms with Crippen LogP contribution < -0.4 is 4.74 Å². The lowest BCUT2D eigenvalue weighted by Crippen LogP contribution is -2.45. The van der Waals surface area contributed by atoms with E-state index < -0.39 is 5.79 Å². The van der Waals surface area contributed by atoms with Crippen LogP contribution in [0.3, 0.4) is 0 Å². The maximum Gasteiger partial charge on any atom is 0.232 e. The van der Waals surface area contributed by atoms with Gasteiger partial charge in [0.1, 0.15) is 18.8 Å². The van der Waals surface area contributed by atoms with Crippen molar-refractivity contribution in [2.45, 2.75) is 44.4 Å². The van der Waals surface area contributed by atoms with Crippen LogP contribution in [0.25, 0.3) is 0 Å². The number of fused-ring (bicyclic) bond motifs is 1. The summed E-state index contributed by atoms with van der Waals surface area (Å²) in [4.78, 5) is 8.02.